The lowest BCUT2D eigenvalue weighted by Gasteiger charge is -2.17. The summed E-state index contributed by atoms with van der Waals surface area (Å²) in [4.78, 5) is 20.4. The molecule has 0 spiro atoms. The second-order valence-electron chi connectivity index (χ2n) is 5.34. The van der Waals surface area contributed by atoms with Gasteiger partial charge in [0.05, 0.1) is 11.9 Å². The molecule has 0 aliphatic rings. The molecule has 8 heteroatoms. The van der Waals surface area contributed by atoms with Crippen LogP contribution in [0.4, 0.5) is 5.82 Å². The number of rotatable bonds is 4. The van der Waals surface area contributed by atoms with Gasteiger partial charge in [-0.05, 0) is 30.5 Å². The number of aromatic nitrogens is 5. The molecule has 4 aromatic rings. The molecule has 24 heavy (non-hydrogen) atoms. The van der Waals surface area contributed by atoms with E-state index < -0.39 is 0 Å². The number of anilines is 1. The van der Waals surface area contributed by atoms with Crippen molar-refractivity contribution in [1.29, 1.82) is 0 Å². The van der Waals surface area contributed by atoms with Crippen LogP contribution in [0.15, 0.2) is 40.5 Å². The minimum Gasteiger partial charge on any atom is -0.350 e. The number of aryl methyl sites for hydroxylation is 1. The minimum atomic E-state index is 0.472. The van der Waals surface area contributed by atoms with Crippen LogP contribution in [0.2, 0.25) is 0 Å². The quantitative estimate of drug-likeness (QED) is 0.565. The van der Waals surface area contributed by atoms with Crippen molar-refractivity contribution in [2.75, 3.05) is 11.9 Å². The van der Waals surface area contributed by atoms with E-state index in [4.69, 9.17) is 4.52 Å². The predicted octanol–water partition coefficient (Wildman–Crippen LogP) is 3.08. The Morgan fingerprint density at radius 3 is 2.79 bits per heavy atom. The van der Waals surface area contributed by atoms with Crippen LogP contribution in [0, 0.1) is 6.92 Å². The van der Waals surface area contributed by atoms with Crippen LogP contribution >= 0.6 is 11.3 Å². The van der Waals surface area contributed by atoms with Gasteiger partial charge in [0.2, 0.25) is 11.7 Å². The zero-order valence-electron chi connectivity index (χ0n) is 13.2. The zero-order valence-corrected chi connectivity index (χ0v) is 14.0. The fraction of sp³-hybridized carbons (Fsp3) is 0.188. The van der Waals surface area contributed by atoms with E-state index in [1.807, 2.05) is 42.5 Å². The van der Waals surface area contributed by atoms with Gasteiger partial charge in [0.1, 0.15) is 16.5 Å². The van der Waals surface area contributed by atoms with Crippen LogP contribution in [-0.2, 0) is 6.54 Å². The molecule has 0 bridgehead atoms. The summed E-state index contributed by atoms with van der Waals surface area (Å²) < 4.78 is 5.37. The van der Waals surface area contributed by atoms with Crippen LogP contribution in [-0.4, -0.2) is 32.1 Å². The Labute approximate surface area is 142 Å². The van der Waals surface area contributed by atoms with E-state index in [-0.39, 0.29) is 0 Å². The standard InChI is InChI=1S/C16H14N6OS/c1-10-18-15(12-5-8-24-16(12)19-10)22(2)9-13-20-14(21-23-13)11-3-6-17-7-4-11/h3-8H,9H2,1-2H3. The van der Waals surface area contributed by atoms with E-state index >= 15 is 0 Å². The first kappa shape index (κ1) is 14.7. The topological polar surface area (TPSA) is 80.8 Å². The second kappa shape index (κ2) is 5.97. The first-order valence-electron chi connectivity index (χ1n) is 7.36. The van der Waals surface area contributed by atoms with Gasteiger partial charge in [0.15, 0.2) is 0 Å². The lowest BCUT2D eigenvalue weighted by atomic mass is 10.2. The zero-order chi connectivity index (χ0) is 16.5. The van der Waals surface area contributed by atoms with E-state index in [1.165, 1.54) is 0 Å². The van der Waals surface area contributed by atoms with Crippen molar-refractivity contribution in [3.05, 3.63) is 47.7 Å². The normalized spacial score (nSPS) is 11.1. The molecule has 0 saturated heterocycles. The molecule has 0 radical (unpaired) electrons. The fourth-order valence-corrected chi connectivity index (χ4v) is 3.25. The number of thiophene rings is 1. The van der Waals surface area contributed by atoms with Gasteiger partial charge >= 0.3 is 0 Å². The minimum absolute atomic E-state index is 0.472. The second-order valence-corrected chi connectivity index (χ2v) is 6.23. The molecule has 0 aliphatic heterocycles. The molecule has 0 aliphatic carbocycles. The van der Waals surface area contributed by atoms with Crippen molar-refractivity contribution in [2.24, 2.45) is 0 Å². The van der Waals surface area contributed by atoms with Crippen LogP contribution in [0.1, 0.15) is 11.7 Å². The van der Waals surface area contributed by atoms with E-state index in [1.54, 1.807) is 23.7 Å². The molecule has 4 rings (SSSR count). The summed E-state index contributed by atoms with van der Waals surface area (Å²) in [6.07, 6.45) is 3.41. The third-order valence-electron chi connectivity index (χ3n) is 3.56. The molecule has 0 atom stereocenters. The average molecular weight is 338 g/mol. The molecule has 0 fully saturated rings. The van der Waals surface area contributed by atoms with Crippen molar-refractivity contribution in [2.45, 2.75) is 13.5 Å². The van der Waals surface area contributed by atoms with Crippen LogP contribution in [0.25, 0.3) is 21.6 Å². The van der Waals surface area contributed by atoms with Gasteiger partial charge < -0.3 is 9.42 Å². The maximum Gasteiger partial charge on any atom is 0.246 e. The first-order chi connectivity index (χ1) is 11.7. The average Bonchev–Trinajstić information content (AvgIpc) is 3.24. The Morgan fingerprint density at radius 2 is 1.96 bits per heavy atom. The van der Waals surface area contributed by atoms with E-state index in [0.29, 0.717) is 18.3 Å². The Bertz CT molecular complexity index is 981. The Hall–Kier alpha value is -2.87. The lowest BCUT2D eigenvalue weighted by Crippen LogP contribution is -2.18. The van der Waals surface area contributed by atoms with Crippen LogP contribution in [0.3, 0.4) is 0 Å². The highest BCUT2D eigenvalue weighted by Gasteiger charge is 2.15. The van der Waals surface area contributed by atoms with Gasteiger partial charge in [-0.15, -0.1) is 11.3 Å². The maximum absolute atomic E-state index is 5.37. The van der Waals surface area contributed by atoms with E-state index in [9.17, 15) is 0 Å². The molecule has 0 amide bonds. The highest BCUT2D eigenvalue weighted by Crippen LogP contribution is 2.28. The van der Waals surface area contributed by atoms with Gasteiger partial charge in [-0.2, -0.15) is 4.98 Å². The molecule has 0 unspecified atom stereocenters. The predicted molar refractivity (Wildman–Crippen MR) is 91.8 cm³/mol. The number of fused-ring (bicyclic) bond motifs is 1. The van der Waals surface area contributed by atoms with Crippen molar-refractivity contribution in [3.8, 4) is 11.4 Å². The molecule has 0 aromatic carbocycles. The third kappa shape index (κ3) is 2.71. The molecule has 4 heterocycles. The summed E-state index contributed by atoms with van der Waals surface area (Å²) in [5, 5.41) is 7.08. The SMILES string of the molecule is Cc1nc(N(C)Cc2nc(-c3ccncc3)no2)c2ccsc2n1. The van der Waals surface area contributed by atoms with Crippen LogP contribution in [0.5, 0.6) is 0 Å². The molecular formula is C16H14N6OS. The fourth-order valence-electron chi connectivity index (χ4n) is 2.45. The molecule has 7 nitrogen and oxygen atoms in total. The smallest absolute Gasteiger partial charge is 0.246 e. The van der Waals surface area contributed by atoms with Crippen LogP contribution < -0.4 is 4.90 Å². The summed E-state index contributed by atoms with van der Waals surface area (Å²) in [5.74, 6) is 2.70. The summed E-state index contributed by atoms with van der Waals surface area (Å²) >= 11 is 1.61. The summed E-state index contributed by atoms with van der Waals surface area (Å²) in [7, 11) is 1.95. The maximum atomic E-state index is 5.37. The summed E-state index contributed by atoms with van der Waals surface area (Å²) in [6, 6.07) is 5.73. The van der Waals surface area contributed by atoms with E-state index in [2.05, 4.69) is 25.1 Å². The third-order valence-corrected chi connectivity index (χ3v) is 4.36. The Balaban J connectivity index is 1.61. The van der Waals surface area contributed by atoms with Gasteiger partial charge in [-0.25, -0.2) is 9.97 Å². The van der Waals surface area contributed by atoms with E-state index in [0.717, 1.165) is 27.4 Å². The number of hydrogen-bond donors (Lipinski definition) is 0. The number of hydrogen-bond acceptors (Lipinski definition) is 8. The first-order valence-corrected chi connectivity index (χ1v) is 8.24. The van der Waals surface area contributed by atoms with Crippen molar-refractivity contribution >= 4 is 27.4 Å². The molecule has 0 N–H and O–H groups in total. The lowest BCUT2D eigenvalue weighted by molar-refractivity contribution is 0.378. The monoisotopic (exact) mass is 338 g/mol. The Morgan fingerprint density at radius 1 is 1.12 bits per heavy atom. The van der Waals surface area contributed by atoms with Crippen molar-refractivity contribution in [1.82, 2.24) is 25.1 Å². The van der Waals surface area contributed by atoms with Gasteiger partial charge in [0, 0.05) is 25.0 Å². The van der Waals surface area contributed by atoms with Gasteiger partial charge in [0.25, 0.3) is 0 Å². The number of pyridine rings is 1. The summed E-state index contributed by atoms with van der Waals surface area (Å²) in [6.45, 7) is 2.37. The van der Waals surface area contributed by atoms with Gasteiger partial charge in [-0.3, -0.25) is 4.98 Å². The molecule has 4 aromatic heterocycles. The largest absolute Gasteiger partial charge is 0.350 e. The molecule has 0 saturated carbocycles. The van der Waals surface area contributed by atoms with Crippen molar-refractivity contribution in [3.63, 3.8) is 0 Å². The number of nitrogens with zero attached hydrogens (tertiary/aromatic N) is 6. The highest BCUT2D eigenvalue weighted by molar-refractivity contribution is 7.16. The highest BCUT2D eigenvalue weighted by atomic mass is 32.1. The molecular weight excluding hydrogens is 324 g/mol. The van der Waals surface area contributed by atoms with Gasteiger partial charge in [-0.1, -0.05) is 5.16 Å². The Kier molecular flexibility index (Phi) is 3.66. The summed E-state index contributed by atoms with van der Waals surface area (Å²) in [5.41, 5.74) is 0.876. The molecule has 120 valence electrons. The van der Waals surface area contributed by atoms with Crippen molar-refractivity contribution < 1.29 is 4.52 Å².